The Bertz CT molecular complexity index is 653. The second kappa shape index (κ2) is 6.63. The van der Waals surface area contributed by atoms with Crippen LogP contribution in [0.2, 0.25) is 0 Å². The number of rotatable bonds is 5. The third-order valence-electron chi connectivity index (χ3n) is 3.03. The Balaban J connectivity index is 2.06. The van der Waals surface area contributed by atoms with E-state index in [-0.39, 0.29) is 11.3 Å². The number of esters is 1. The van der Waals surface area contributed by atoms with Crippen LogP contribution in [-0.2, 0) is 4.74 Å². The molecule has 0 unspecified atom stereocenters. The lowest BCUT2D eigenvalue weighted by atomic mass is 10.1. The summed E-state index contributed by atoms with van der Waals surface area (Å²) in [4.78, 5) is 11.9. The van der Waals surface area contributed by atoms with Crippen molar-refractivity contribution in [2.24, 2.45) is 0 Å². The van der Waals surface area contributed by atoms with Crippen LogP contribution in [0, 0.1) is 12.3 Å². The van der Waals surface area contributed by atoms with Crippen LogP contribution in [0.4, 0.5) is 0 Å². The fraction of sp³-hybridized carbons (Fsp3) is 0.235. The average molecular weight is 268 g/mol. The lowest BCUT2D eigenvalue weighted by Gasteiger charge is -2.07. The lowest BCUT2D eigenvalue weighted by Crippen LogP contribution is -2.06. The minimum atomic E-state index is -0.506. The molecule has 102 valence electrons. The molecule has 2 aromatic carbocycles. The summed E-state index contributed by atoms with van der Waals surface area (Å²) in [5.41, 5.74) is 0.195. The van der Waals surface area contributed by atoms with Gasteiger partial charge in [0.25, 0.3) is 0 Å². The van der Waals surface area contributed by atoms with Crippen LogP contribution in [0.15, 0.2) is 36.4 Å². The predicted molar refractivity (Wildman–Crippen MR) is 78.6 cm³/mol. The van der Waals surface area contributed by atoms with Crippen LogP contribution in [0.3, 0.4) is 0 Å². The third-order valence-corrected chi connectivity index (χ3v) is 3.03. The van der Waals surface area contributed by atoms with Gasteiger partial charge in [0.2, 0.25) is 0 Å². The van der Waals surface area contributed by atoms with Crippen LogP contribution in [0.25, 0.3) is 10.8 Å². The molecular weight excluding hydrogens is 252 g/mol. The predicted octanol–water partition coefficient (Wildman–Crippen LogP) is 3.51. The molecule has 3 heteroatoms. The number of aromatic hydroxyl groups is 1. The van der Waals surface area contributed by atoms with Crippen molar-refractivity contribution in [3.63, 3.8) is 0 Å². The second-order valence-electron chi connectivity index (χ2n) is 4.51. The third kappa shape index (κ3) is 3.30. The largest absolute Gasteiger partial charge is 0.507 e. The number of hydrogen-bond acceptors (Lipinski definition) is 3. The van der Waals surface area contributed by atoms with E-state index in [1.807, 2.05) is 24.3 Å². The summed E-state index contributed by atoms with van der Waals surface area (Å²) in [6.45, 7) is 0.312. The molecule has 3 nitrogen and oxygen atoms in total. The summed E-state index contributed by atoms with van der Waals surface area (Å²) in [5.74, 6) is 1.97. The number of fused-ring (bicyclic) bond motifs is 1. The van der Waals surface area contributed by atoms with Gasteiger partial charge in [-0.05, 0) is 35.7 Å². The molecule has 20 heavy (non-hydrogen) atoms. The van der Waals surface area contributed by atoms with Gasteiger partial charge in [0.05, 0.1) is 6.61 Å². The molecule has 0 atom stereocenters. The van der Waals surface area contributed by atoms with Gasteiger partial charge in [0.15, 0.2) is 0 Å². The second-order valence-corrected chi connectivity index (χ2v) is 4.51. The van der Waals surface area contributed by atoms with Crippen molar-refractivity contribution >= 4 is 16.7 Å². The Kier molecular flexibility index (Phi) is 4.62. The van der Waals surface area contributed by atoms with E-state index in [1.165, 1.54) is 0 Å². The smallest absolute Gasteiger partial charge is 0.341 e. The van der Waals surface area contributed by atoms with Gasteiger partial charge in [-0.15, -0.1) is 12.3 Å². The van der Waals surface area contributed by atoms with Gasteiger partial charge in [0.1, 0.15) is 11.3 Å². The number of terminal acetylenes is 1. The molecule has 0 bridgehead atoms. The van der Waals surface area contributed by atoms with Gasteiger partial charge in [-0.1, -0.05) is 24.3 Å². The molecule has 0 fully saturated rings. The molecule has 0 aromatic heterocycles. The number of hydrogen-bond donors (Lipinski definition) is 1. The summed E-state index contributed by atoms with van der Waals surface area (Å²) >= 11 is 0. The van der Waals surface area contributed by atoms with E-state index in [4.69, 9.17) is 11.2 Å². The Hall–Kier alpha value is -2.47. The molecule has 2 aromatic rings. The molecule has 0 saturated heterocycles. The molecule has 2 rings (SSSR count). The van der Waals surface area contributed by atoms with E-state index in [1.54, 1.807) is 12.1 Å². The van der Waals surface area contributed by atoms with Crippen LogP contribution < -0.4 is 0 Å². The normalized spacial score (nSPS) is 10.2. The molecule has 1 N–H and O–H groups in total. The molecule has 0 aliphatic carbocycles. The Morgan fingerprint density at radius 2 is 1.90 bits per heavy atom. The highest BCUT2D eigenvalue weighted by Crippen LogP contribution is 2.25. The van der Waals surface area contributed by atoms with Crippen LogP contribution in [0.5, 0.6) is 5.75 Å². The number of unbranched alkanes of at least 4 members (excludes halogenated alkanes) is 2. The minimum absolute atomic E-state index is 0.0580. The van der Waals surface area contributed by atoms with E-state index in [0.717, 1.165) is 23.6 Å². The molecule has 0 aliphatic heterocycles. The number of carbonyl (C=O) groups excluding carboxylic acids is 1. The van der Waals surface area contributed by atoms with Gasteiger partial charge in [0, 0.05) is 6.42 Å². The van der Waals surface area contributed by atoms with Crippen molar-refractivity contribution < 1.29 is 14.6 Å². The topological polar surface area (TPSA) is 46.5 Å². The first kappa shape index (κ1) is 14.0. The maximum Gasteiger partial charge on any atom is 0.341 e. The zero-order valence-corrected chi connectivity index (χ0v) is 11.1. The summed E-state index contributed by atoms with van der Waals surface area (Å²) < 4.78 is 5.14. The zero-order chi connectivity index (χ0) is 14.4. The zero-order valence-electron chi connectivity index (χ0n) is 11.1. The van der Waals surface area contributed by atoms with Crippen molar-refractivity contribution in [1.29, 1.82) is 0 Å². The molecule has 0 saturated carbocycles. The molecule has 0 heterocycles. The van der Waals surface area contributed by atoms with Crippen molar-refractivity contribution in [2.75, 3.05) is 6.61 Å². The fourth-order valence-electron chi connectivity index (χ4n) is 1.96. The van der Waals surface area contributed by atoms with Crippen LogP contribution in [-0.4, -0.2) is 17.7 Å². The first-order valence-corrected chi connectivity index (χ1v) is 6.54. The fourth-order valence-corrected chi connectivity index (χ4v) is 1.96. The first-order valence-electron chi connectivity index (χ1n) is 6.54. The summed E-state index contributed by atoms with van der Waals surface area (Å²) in [5, 5.41) is 11.7. The number of phenols is 1. The average Bonchev–Trinajstić information content (AvgIpc) is 2.46. The molecule has 0 aliphatic rings. The Morgan fingerprint density at radius 3 is 2.60 bits per heavy atom. The van der Waals surface area contributed by atoms with E-state index < -0.39 is 5.97 Å². The lowest BCUT2D eigenvalue weighted by molar-refractivity contribution is 0.0496. The summed E-state index contributed by atoms with van der Waals surface area (Å²) in [6.07, 6.45) is 7.38. The van der Waals surface area contributed by atoms with E-state index in [0.29, 0.717) is 13.0 Å². The van der Waals surface area contributed by atoms with Crippen molar-refractivity contribution in [1.82, 2.24) is 0 Å². The van der Waals surface area contributed by atoms with Crippen molar-refractivity contribution in [2.45, 2.75) is 19.3 Å². The Labute approximate surface area is 118 Å². The number of benzene rings is 2. The van der Waals surface area contributed by atoms with E-state index in [2.05, 4.69) is 5.92 Å². The van der Waals surface area contributed by atoms with Crippen molar-refractivity contribution in [3.8, 4) is 18.1 Å². The number of phenolic OH excluding ortho intramolecular Hbond substituents is 1. The molecule has 0 amide bonds. The summed E-state index contributed by atoms with van der Waals surface area (Å²) in [6, 6.07) is 10.8. The maximum atomic E-state index is 11.9. The first-order chi connectivity index (χ1) is 9.72. The van der Waals surface area contributed by atoms with Gasteiger partial charge < -0.3 is 9.84 Å². The SMILES string of the molecule is C#CCCCCOC(=O)c1cc2ccccc2cc1O. The van der Waals surface area contributed by atoms with Crippen molar-refractivity contribution in [3.05, 3.63) is 42.0 Å². The standard InChI is InChI=1S/C17H16O3/c1-2-3-4-7-10-20-17(19)15-11-13-8-5-6-9-14(13)12-16(15)18/h1,5-6,8-9,11-12,18H,3-4,7,10H2. The van der Waals surface area contributed by atoms with Gasteiger partial charge in [-0.3, -0.25) is 0 Å². The van der Waals surface area contributed by atoms with Gasteiger partial charge in [-0.25, -0.2) is 4.79 Å². The monoisotopic (exact) mass is 268 g/mol. The quantitative estimate of drug-likeness (QED) is 0.513. The molecule has 0 spiro atoms. The van der Waals surface area contributed by atoms with E-state index in [9.17, 15) is 9.90 Å². The highest BCUT2D eigenvalue weighted by atomic mass is 16.5. The van der Waals surface area contributed by atoms with Crippen LogP contribution >= 0.6 is 0 Å². The summed E-state index contributed by atoms with van der Waals surface area (Å²) in [7, 11) is 0. The molecule has 0 radical (unpaired) electrons. The number of ether oxygens (including phenoxy) is 1. The highest BCUT2D eigenvalue weighted by molar-refractivity contribution is 5.98. The van der Waals surface area contributed by atoms with Gasteiger partial charge in [-0.2, -0.15) is 0 Å². The van der Waals surface area contributed by atoms with Gasteiger partial charge >= 0.3 is 5.97 Å². The maximum absolute atomic E-state index is 11.9. The van der Waals surface area contributed by atoms with Crippen LogP contribution in [0.1, 0.15) is 29.6 Å². The minimum Gasteiger partial charge on any atom is -0.507 e. The number of carbonyl (C=O) groups is 1. The van der Waals surface area contributed by atoms with E-state index >= 15 is 0 Å². The Morgan fingerprint density at radius 1 is 1.20 bits per heavy atom. The molecular formula is C17H16O3. The highest BCUT2D eigenvalue weighted by Gasteiger charge is 2.13.